The van der Waals surface area contributed by atoms with E-state index in [1.807, 2.05) is 0 Å². The van der Waals surface area contributed by atoms with E-state index < -0.39 is 98.6 Å². The lowest BCUT2D eigenvalue weighted by molar-refractivity contribution is -0.142. The lowest BCUT2D eigenvalue weighted by Crippen LogP contribution is -2.24. The van der Waals surface area contributed by atoms with Crippen LogP contribution < -0.4 is 4.72 Å². The Morgan fingerprint density at radius 3 is 2.40 bits per heavy atom. The van der Waals surface area contributed by atoms with Crippen molar-refractivity contribution in [3.63, 3.8) is 0 Å². The zero-order valence-corrected chi connectivity index (χ0v) is 32.7. The van der Waals surface area contributed by atoms with Crippen molar-refractivity contribution in [1.29, 1.82) is 0 Å². The minimum atomic E-state index is -5.06. The minimum Gasteiger partial charge on any atom is -0.378 e. The Bertz CT molecular complexity index is 2660. The number of pyridine rings is 1. The van der Waals surface area contributed by atoms with E-state index in [0.717, 1.165) is 12.1 Å². The molecule has 0 aliphatic heterocycles. The van der Waals surface area contributed by atoms with Crippen LogP contribution in [0.1, 0.15) is 78.1 Å². The Balaban J connectivity index is 1.39. The summed E-state index contributed by atoms with van der Waals surface area (Å²) in [6, 6.07) is 8.84. The number of benzene rings is 2. The van der Waals surface area contributed by atoms with Gasteiger partial charge in [-0.2, -0.15) is 32.1 Å². The number of carbonyl (C=O) groups excluding carboxylic acids is 1. The summed E-state index contributed by atoms with van der Waals surface area (Å²) in [5, 5.41) is 18.6. The van der Waals surface area contributed by atoms with Gasteiger partial charge in [0.2, 0.25) is 10.0 Å². The highest BCUT2D eigenvalue weighted by Gasteiger charge is 2.68. The van der Waals surface area contributed by atoms with Gasteiger partial charge in [-0.3, -0.25) is 14.2 Å². The molecule has 0 saturated heterocycles. The normalized spacial score (nSPS) is 17.8. The van der Waals surface area contributed by atoms with Gasteiger partial charge in [0.25, 0.3) is 5.92 Å². The number of halogens is 8. The maximum absolute atomic E-state index is 15.4. The first-order valence-electron chi connectivity index (χ1n) is 17.8. The molecule has 3 aromatic heterocycles. The predicted molar refractivity (Wildman–Crippen MR) is 198 cm³/mol. The Morgan fingerprint density at radius 1 is 1.09 bits per heavy atom. The molecule has 19 heteroatoms. The molecular weight excluding hydrogens is 817 g/mol. The van der Waals surface area contributed by atoms with Crippen molar-refractivity contribution in [3.8, 4) is 23.0 Å². The molecule has 1 fully saturated rings. The van der Waals surface area contributed by atoms with Gasteiger partial charge in [0.05, 0.1) is 21.9 Å². The number of rotatable bonds is 11. The van der Waals surface area contributed by atoms with E-state index in [1.165, 1.54) is 37.7 Å². The van der Waals surface area contributed by atoms with E-state index in [-0.39, 0.29) is 45.9 Å². The number of nitrogens with one attached hydrogen (secondary N) is 1. The Morgan fingerprint density at radius 2 is 1.76 bits per heavy atom. The van der Waals surface area contributed by atoms with Gasteiger partial charge in [0.15, 0.2) is 11.5 Å². The van der Waals surface area contributed by atoms with E-state index in [2.05, 4.69) is 26.8 Å². The van der Waals surface area contributed by atoms with Crippen LogP contribution in [-0.2, 0) is 52.7 Å². The Labute approximate surface area is 332 Å². The molecule has 2 aromatic carbocycles. The van der Waals surface area contributed by atoms with E-state index in [9.17, 15) is 40.3 Å². The van der Waals surface area contributed by atoms with Crippen LogP contribution in [0.25, 0.3) is 22.0 Å². The first-order chi connectivity index (χ1) is 27.0. The average Bonchev–Trinajstić information content (AvgIpc) is 3.65. The fourth-order valence-electron chi connectivity index (χ4n) is 7.71. The van der Waals surface area contributed by atoms with Gasteiger partial charge in [-0.05, 0) is 81.5 Å². The second kappa shape index (κ2) is 14.5. The molecule has 7 rings (SSSR count). The van der Waals surface area contributed by atoms with Crippen molar-refractivity contribution in [3.05, 3.63) is 98.7 Å². The number of sulfonamides is 1. The average molecular weight is 851 g/mol. The first-order valence-corrected chi connectivity index (χ1v) is 19.9. The van der Waals surface area contributed by atoms with Gasteiger partial charge in [0, 0.05) is 53.4 Å². The summed E-state index contributed by atoms with van der Waals surface area (Å²) in [4.78, 5) is 18.8. The van der Waals surface area contributed by atoms with Crippen molar-refractivity contribution in [2.24, 2.45) is 13.0 Å². The van der Waals surface area contributed by atoms with E-state index in [0.29, 0.717) is 27.4 Å². The third-order valence-electron chi connectivity index (χ3n) is 10.2. The summed E-state index contributed by atoms with van der Waals surface area (Å²) in [6.45, 7) is 1.87. The van der Waals surface area contributed by atoms with Crippen LogP contribution in [0.15, 0.2) is 42.5 Å². The summed E-state index contributed by atoms with van der Waals surface area (Å²) in [7, 11) is -1.06. The fourth-order valence-corrected chi connectivity index (χ4v) is 8.68. The second-order valence-corrected chi connectivity index (χ2v) is 17.4. The standard InChI is InChI=1S/C39H34ClF7N6O4S/c1-37(2,55)10-9-23-5-6-25(26-7-8-29(40)32-30(18-58(56,57)48-3)50-52(4)34(26)32)33(49-23)20(11-19-12-21(41)15-22(42)13-19)14-24(54)17-53-36-31(35(51-53)39(45,46)47)27-16-28(27)38(36,43)44/h5-8,12-13,15,20,27-28,48,55H,11,14,16-18H2,1-4H3/t20-,27+,28-/m1/s1. The van der Waals surface area contributed by atoms with Crippen LogP contribution in [0.5, 0.6) is 0 Å². The molecule has 0 spiro atoms. The maximum atomic E-state index is 15.4. The molecular formula is C39H34ClF7N6O4S. The lowest BCUT2D eigenvalue weighted by Gasteiger charge is -2.22. The molecule has 2 aliphatic rings. The number of carbonyl (C=O) groups is 1. The largest absolute Gasteiger partial charge is 0.435 e. The van der Waals surface area contributed by atoms with Crippen molar-refractivity contribution in [2.45, 2.75) is 74.9 Å². The molecule has 0 amide bonds. The number of ketones is 1. The second-order valence-electron chi connectivity index (χ2n) is 15.0. The number of aryl methyl sites for hydroxylation is 1. The van der Waals surface area contributed by atoms with Gasteiger partial charge in [-0.1, -0.05) is 23.6 Å². The van der Waals surface area contributed by atoms with E-state index in [4.69, 9.17) is 16.6 Å². The topological polar surface area (TPSA) is 132 Å². The number of aliphatic hydroxyl groups is 1. The van der Waals surface area contributed by atoms with Crippen LogP contribution in [0, 0.1) is 29.4 Å². The van der Waals surface area contributed by atoms with Crippen molar-refractivity contribution in [1.82, 2.24) is 29.3 Å². The molecule has 1 saturated carbocycles. The quantitative estimate of drug-likeness (QED) is 0.107. The summed E-state index contributed by atoms with van der Waals surface area (Å²) in [5.74, 6) is -5.05. The van der Waals surface area contributed by atoms with Crippen LogP contribution in [0.4, 0.5) is 30.7 Å². The van der Waals surface area contributed by atoms with E-state index in [1.54, 1.807) is 19.2 Å². The Hall–Kier alpha value is -4.83. The molecule has 306 valence electrons. The summed E-state index contributed by atoms with van der Waals surface area (Å²) < 4.78 is 131. The van der Waals surface area contributed by atoms with Crippen molar-refractivity contribution < 1.29 is 49.1 Å². The monoisotopic (exact) mass is 850 g/mol. The molecule has 58 heavy (non-hydrogen) atoms. The highest BCUT2D eigenvalue weighted by molar-refractivity contribution is 7.88. The number of hydrogen-bond acceptors (Lipinski definition) is 7. The SMILES string of the molecule is CNS(=O)(=O)Cc1nn(C)c2c(-c3ccc(C#CC(C)(C)O)nc3[C@@H](CC(=O)Cn3nc(C(F)(F)F)c4c3C(F)(F)[C@@H]3C[C@H]43)Cc3cc(F)cc(F)c3)ccc(Cl)c12. The molecule has 3 atom stereocenters. The highest BCUT2D eigenvalue weighted by Crippen LogP contribution is 2.68. The third kappa shape index (κ3) is 7.96. The summed E-state index contributed by atoms with van der Waals surface area (Å²) in [6.07, 6.45) is -6.09. The maximum Gasteiger partial charge on any atom is 0.435 e. The number of hydrogen-bond donors (Lipinski definition) is 2. The lowest BCUT2D eigenvalue weighted by atomic mass is 9.86. The minimum absolute atomic E-state index is 0.0586. The number of alkyl halides is 5. The van der Waals surface area contributed by atoms with Gasteiger partial charge in [-0.15, -0.1) is 0 Å². The molecule has 0 radical (unpaired) electrons. The summed E-state index contributed by atoms with van der Waals surface area (Å²) in [5.41, 5.74) is -3.20. The van der Waals surface area contributed by atoms with Gasteiger partial charge < -0.3 is 5.11 Å². The fraction of sp³-hybridized carbons (Fsp3) is 0.385. The summed E-state index contributed by atoms with van der Waals surface area (Å²) >= 11 is 6.63. The van der Waals surface area contributed by atoms with Gasteiger partial charge >= 0.3 is 6.18 Å². The first kappa shape index (κ1) is 41.3. The van der Waals surface area contributed by atoms with E-state index >= 15 is 8.78 Å². The smallest absolute Gasteiger partial charge is 0.378 e. The van der Waals surface area contributed by atoms with Crippen molar-refractivity contribution in [2.75, 3.05) is 7.05 Å². The zero-order valence-electron chi connectivity index (χ0n) is 31.1. The number of aromatic nitrogens is 5. The molecule has 5 aromatic rings. The number of fused-ring (bicyclic) bond motifs is 4. The zero-order chi connectivity index (χ0) is 42.3. The predicted octanol–water partition coefficient (Wildman–Crippen LogP) is 7.15. The third-order valence-corrected chi connectivity index (χ3v) is 11.7. The van der Waals surface area contributed by atoms with Gasteiger partial charge in [0.1, 0.15) is 40.9 Å². The molecule has 0 unspecified atom stereocenters. The molecule has 3 heterocycles. The van der Waals surface area contributed by atoms with Crippen LogP contribution in [0.3, 0.4) is 0 Å². The number of nitrogens with zero attached hydrogens (tertiary/aromatic N) is 5. The Kier molecular flexibility index (Phi) is 10.3. The molecule has 2 N–H and O–H groups in total. The highest BCUT2D eigenvalue weighted by atomic mass is 35.5. The van der Waals surface area contributed by atoms with Crippen LogP contribution in [0.2, 0.25) is 5.02 Å². The van der Waals surface area contributed by atoms with Crippen molar-refractivity contribution >= 4 is 38.3 Å². The van der Waals surface area contributed by atoms with Crippen LogP contribution in [-0.4, -0.2) is 56.5 Å². The molecule has 2 aliphatic carbocycles. The van der Waals surface area contributed by atoms with Gasteiger partial charge in [-0.25, -0.2) is 26.9 Å². The van der Waals surface area contributed by atoms with Crippen LogP contribution >= 0.6 is 11.6 Å². The number of Topliss-reactive ketones (excluding diaryl/α,β-unsaturated/α-hetero) is 1. The molecule has 10 nitrogen and oxygen atoms in total. The molecule has 0 bridgehead atoms.